The molecule has 1 N–H and O–H groups in total. The van der Waals surface area contributed by atoms with Crippen molar-refractivity contribution in [3.63, 3.8) is 0 Å². The van der Waals surface area contributed by atoms with Gasteiger partial charge in [0.1, 0.15) is 0 Å². The van der Waals surface area contributed by atoms with E-state index in [0.29, 0.717) is 19.5 Å². The second-order valence-electron chi connectivity index (χ2n) is 3.40. The number of methoxy groups -OCH3 is 1. The maximum atomic E-state index is 11.6. The summed E-state index contributed by atoms with van der Waals surface area (Å²) in [5, 5.41) is 8.56. The molecule has 1 aliphatic heterocycles. The van der Waals surface area contributed by atoms with E-state index in [-0.39, 0.29) is 18.5 Å². The first kappa shape index (κ1) is 11.9. The van der Waals surface area contributed by atoms with Crippen molar-refractivity contribution in [1.82, 2.24) is 4.31 Å². The third kappa shape index (κ3) is 2.91. The zero-order valence-corrected chi connectivity index (χ0v) is 9.16. The Morgan fingerprint density at radius 1 is 1.57 bits per heavy atom. The predicted molar refractivity (Wildman–Crippen MR) is 52.5 cm³/mol. The monoisotopic (exact) mass is 223 g/mol. The Hall–Kier alpha value is -0.170. The van der Waals surface area contributed by atoms with Crippen molar-refractivity contribution in [2.45, 2.75) is 18.9 Å². The molecular weight excluding hydrogens is 206 g/mol. The molecule has 1 unspecified atom stereocenters. The fourth-order valence-electron chi connectivity index (χ4n) is 1.52. The second kappa shape index (κ2) is 5.06. The highest BCUT2D eigenvalue weighted by molar-refractivity contribution is 7.89. The SMILES string of the molecule is COC1CCN(S(=O)(=O)CCCO)C1. The third-order valence-electron chi connectivity index (χ3n) is 2.39. The van der Waals surface area contributed by atoms with Gasteiger partial charge in [0.2, 0.25) is 10.0 Å². The maximum Gasteiger partial charge on any atom is 0.214 e. The number of hydrogen-bond acceptors (Lipinski definition) is 4. The van der Waals surface area contributed by atoms with Crippen molar-refractivity contribution >= 4 is 10.0 Å². The lowest BCUT2D eigenvalue weighted by atomic mass is 10.3. The van der Waals surface area contributed by atoms with Crippen LogP contribution in [-0.4, -0.2) is 56.5 Å². The zero-order valence-electron chi connectivity index (χ0n) is 8.35. The van der Waals surface area contributed by atoms with Crippen molar-refractivity contribution in [1.29, 1.82) is 0 Å². The molecule has 1 rings (SSSR count). The van der Waals surface area contributed by atoms with E-state index in [1.165, 1.54) is 4.31 Å². The number of hydrogen-bond donors (Lipinski definition) is 1. The molecule has 6 heteroatoms. The molecule has 14 heavy (non-hydrogen) atoms. The topological polar surface area (TPSA) is 66.8 Å². The molecule has 0 aromatic carbocycles. The summed E-state index contributed by atoms with van der Waals surface area (Å²) in [5.74, 6) is 0.0277. The summed E-state index contributed by atoms with van der Waals surface area (Å²) in [7, 11) is -1.58. The fourth-order valence-corrected chi connectivity index (χ4v) is 3.05. The van der Waals surface area contributed by atoms with Gasteiger partial charge in [-0.15, -0.1) is 0 Å². The summed E-state index contributed by atoms with van der Waals surface area (Å²) < 4.78 is 29.8. The predicted octanol–water partition coefficient (Wildman–Crippen LogP) is -0.581. The van der Waals surface area contributed by atoms with Crippen LogP contribution >= 0.6 is 0 Å². The van der Waals surface area contributed by atoms with Crippen molar-refractivity contribution < 1.29 is 18.3 Å². The van der Waals surface area contributed by atoms with Crippen LogP contribution in [0.5, 0.6) is 0 Å². The maximum absolute atomic E-state index is 11.6. The molecule has 0 saturated carbocycles. The van der Waals surface area contributed by atoms with Gasteiger partial charge in [0.15, 0.2) is 0 Å². The van der Waals surface area contributed by atoms with Crippen LogP contribution in [0.2, 0.25) is 0 Å². The molecule has 0 aromatic rings. The van der Waals surface area contributed by atoms with Crippen molar-refractivity contribution in [3.8, 4) is 0 Å². The van der Waals surface area contributed by atoms with E-state index in [1.54, 1.807) is 7.11 Å². The molecular formula is C8H17NO4S. The molecule has 0 bridgehead atoms. The number of rotatable bonds is 5. The Morgan fingerprint density at radius 2 is 2.29 bits per heavy atom. The lowest BCUT2D eigenvalue weighted by molar-refractivity contribution is 0.115. The van der Waals surface area contributed by atoms with Gasteiger partial charge in [0, 0.05) is 26.8 Å². The summed E-state index contributed by atoms with van der Waals surface area (Å²) in [5.41, 5.74) is 0. The van der Waals surface area contributed by atoms with Gasteiger partial charge in [-0.3, -0.25) is 0 Å². The summed E-state index contributed by atoms with van der Waals surface area (Å²) in [4.78, 5) is 0. The van der Waals surface area contributed by atoms with Gasteiger partial charge < -0.3 is 9.84 Å². The van der Waals surface area contributed by atoms with Crippen LogP contribution in [0.3, 0.4) is 0 Å². The first-order chi connectivity index (χ1) is 6.60. The number of sulfonamides is 1. The lowest BCUT2D eigenvalue weighted by Gasteiger charge is -2.15. The van der Waals surface area contributed by atoms with Gasteiger partial charge in [-0.2, -0.15) is 4.31 Å². The summed E-state index contributed by atoms with van der Waals surface area (Å²) in [6.45, 7) is 0.900. The molecule has 1 saturated heterocycles. The van der Waals surface area contributed by atoms with Crippen molar-refractivity contribution in [2.75, 3.05) is 32.6 Å². The normalized spacial score (nSPS) is 24.3. The Balaban J connectivity index is 2.49. The second-order valence-corrected chi connectivity index (χ2v) is 5.49. The molecule has 0 aromatic heterocycles. The van der Waals surface area contributed by atoms with Gasteiger partial charge in [-0.25, -0.2) is 8.42 Å². The van der Waals surface area contributed by atoms with Crippen LogP contribution in [0.25, 0.3) is 0 Å². The van der Waals surface area contributed by atoms with Crippen LogP contribution in [0.15, 0.2) is 0 Å². The third-order valence-corrected chi connectivity index (χ3v) is 4.32. The van der Waals surface area contributed by atoms with E-state index < -0.39 is 10.0 Å². The van der Waals surface area contributed by atoms with Gasteiger partial charge in [-0.05, 0) is 12.8 Å². The van der Waals surface area contributed by atoms with Crippen molar-refractivity contribution in [3.05, 3.63) is 0 Å². The Morgan fingerprint density at radius 3 is 2.79 bits per heavy atom. The molecule has 0 radical (unpaired) electrons. The smallest absolute Gasteiger partial charge is 0.214 e. The van der Waals surface area contributed by atoms with Crippen LogP contribution in [0.4, 0.5) is 0 Å². The minimum absolute atomic E-state index is 0.0268. The first-order valence-electron chi connectivity index (χ1n) is 4.71. The average Bonchev–Trinajstić information content (AvgIpc) is 2.63. The Kier molecular flexibility index (Phi) is 4.31. The summed E-state index contributed by atoms with van der Waals surface area (Å²) >= 11 is 0. The quantitative estimate of drug-likeness (QED) is 0.677. The molecule has 1 atom stereocenters. The minimum Gasteiger partial charge on any atom is -0.396 e. The minimum atomic E-state index is -3.17. The van der Waals surface area contributed by atoms with E-state index in [2.05, 4.69) is 0 Å². The highest BCUT2D eigenvalue weighted by Gasteiger charge is 2.30. The fraction of sp³-hybridized carbons (Fsp3) is 1.00. The van der Waals surface area contributed by atoms with E-state index in [4.69, 9.17) is 9.84 Å². The van der Waals surface area contributed by atoms with Gasteiger partial charge in [-0.1, -0.05) is 0 Å². The highest BCUT2D eigenvalue weighted by atomic mass is 32.2. The number of aliphatic hydroxyl groups excluding tert-OH is 1. The standard InChI is InChI=1S/C8H17NO4S/c1-13-8-3-4-9(7-8)14(11,12)6-2-5-10/h8,10H,2-7H2,1H3. The van der Waals surface area contributed by atoms with Crippen molar-refractivity contribution in [2.24, 2.45) is 0 Å². The van der Waals surface area contributed by atoms with E-state index >= 15 is 0 Å². The summed E-state index contributed by atoms with van der Waals surface area (Å²) in [6.07, 6.45) is 1.09. The molecule has 0 amide bonds. The molecule has 0 spiro atoms. The van der Waals surface area contributed by atoms with E-state index in [0.717, 1.165) is 6.42 Å². The molecule has 5 nitrogen and oxygen atoms in total. The van der Waals surface area contributed by atoms with Gasteiger partial charge in [0.05, 0.1) is 11.9 Å². The van der Waals surface area contributed by atoms with Gasteiger partial charge >= 0.3 is 0 Å². The highest BCUT2D eigenvalue weighted by Crippen LogP contribution is 2.16. The molecule has 84 valence electrons. The van der Waals surface area contributed by atoms with Gasteiger partial charge in [0.25, 0.3) is 0 Å². The average molecular weight is 223 g/mol. The van der Waals surface area contributed by atoms with E-state index in [9.17, 15) is 8.42 Å². The largest absolute Gasteiger partial charge is 0.396 e. The molecule has 1 fully saturated rings. The number of ether oxygens (including phenoxy) is 1. The van der Waals surface area contributed by atoms with Crippen LogP contribution in [-0.2, 0) is 14.8 Å². The van der Waals surface area contributed by atoms with Crippen LogP contribution < -0.4 is 0 Å². The zero-order chi connectivity index (χ0) is 10.6. The number of nitrogens with zero attached hydrogens (tertiary/aromatic N) is 1. The molecule has 1 aliphatic rings. The first-order valence-corrected chi connectivity index (χ1v) is 6.32. The number of aliphatic hydroxyl groups is 1. The lowest BCUT2D eigenvalue weighted by Crippen LogP contribution is -2.32. The Bertz CT molecular complexity index is 265. The van der Waals surface area contributed by atoms with Crippen LogP contribution in [0, 0.1) is 0 Å². The Labute approximate surface area is 84.7 Å². The van der Waals surface area contributed by atoms with Crippen LogP contribution in [0.1, 0.15) is 12.8 Å². The van der Waals surface area contributed by atoms with E-state index in [1.807, 2.05) is 0 Å². The summed E-state index contributed by atoms with van der Waals surface area (Å²) in [6, 6.07) is 0. The molecule has 0 aliphatic carbocycles. The molecule has 1 heterocycles.